The van der Waals surface area contributed by atoms with Crippen LogP contribution in [0.2, 0.25) is 0 Å². The molecule has 0 aliphatic carbocycles. The van der Waals surface area contributed by atoms with Crippen LogP contribution in [-0.4, -0.2) is 49.4 Å². The highest BCUT2D eigenvalue weighted by molar-refractivity contribution is 5.72. The summed E-state index contributed by atoms with van der Waals surface area (Å²) in [6, 6.07) is 0.420. The second kappa shape index (κ2) is 4.34. The number of hydrogen-bond donors (Lipinski definition) is 0. The van der Waals surface area contributed by atoms with Gasteiger partial charge in [0, 0.05) is 26.6 Å². The van der Waals surface area contributed by atoms with Crippen molar-refractivity contribution < 1.29 is 4.79 Å². The van der Waals surface area contributed by atoms with Crippen molar-refractivity contribution in [2.75, 3.05) is 27.7 Å². The molecular weight excluding hydrogens is 140 g/mol. The molecule has 0 rings (SSSR count). The minimum Gasteiger partial charge on any atom is -0.344 e. The number of carbonyl (C=O) groups is 1. The molecule has 1 amide bonds. The lowest BCUT2D eigenvalue weighted by Gasteiger charge is -2.25. The maximum atomic E-state index is 10.8. The van der Waals surface area contributed by atoms with E-state index < -0.39 is 0 Å². The van der Waals surface area contributed by atoms with Crippen LogP contribution in [-0.2, 0) is 4.79 Å². The van der Waals surface area contributed by atoms with Crippen molar-refractivity contribution in [1.29, 1.82) is 0 Å². The fourth-order valence-corrected chi connectivity index (χ4v) is 0.688. The molecule has 0 spiro atoms. The van der Waals surface area contributed by atoms with Crippen LogP contribution in [0.1, 0.15) is 13.8 Å². The largest absolute Gasteiger partial charge is 0.344 e. The van der Waals surface area contributed by atoms with Gasteiger partial charge in [-0.3, -0.25) is 4.79 Å². The Morgan fingerprint density at radius 2 is 1.82 bits per heavy atom. The number of rotatable bonds is 3. The molecule has 0 N–H and O–H groups in total. The number of likely N-dealkylation sites (N-methyl/N-ethyl adjacent to an activating group) is 2. The van der Waals surface area contributed by atoms with Gasteiger partial charge in [-0.15, -0.1) is 0 Å². The molecule has 0 aromatic heterocycles. The molecule has 0 aromatic rings. The fourth-order valence-electron chi connectivity index (χ4n) is 0.688. The van der Waals surface area contributed by atoms with Crippen molar-refractivity contribution in [2.45, 2.75) is 19.9 Å². The van der Waals surface area contributed by atoms with Gasteiger partial charge in [0.25, 0.3) is 0 Å². The highest BCUT2D eigenvalue weighted by atomic mass is 16.2. The van der Waals surface area contributed by atoms with Crippen molar-refractivity contribution >= 4 is 5.91 Å². The van der Waals surface area contributed by atoms with E-state index in [2.05, 4.69) is 11.8 Å². The zero-order chi connectivity index (χ0) is 9.02. The highest BCUT2D eigenvalue weighted by Crippen LogP contribution is 1.94. The maximum Gasteiger partial charge on any atom is 0.219 e. The summed E-state index contributed by atoms with van der Waals surface area (Å²) < 4.78 is 0. The number of amides is 1. The molecule has 1 atom stereocenters. The smallest absolute Gasteiger partial charge is 0.219 e. The molecule has 0 bridgehead atoms. The predicted molar refractivity (Wildman–Crippen MR) is 46.5 cm³/mol. The van der Waals surface area contributed by atoms with Crippen LogP contribution >= 0.6 is 0 Å². The first kappa shape index (κ1) is 10.4. The summed E-state index contributed by atoms with van der Waals surface area (Å²) in [4.78, 5) is 14.6. The quantitative estimate of drug-likeness (QED) is 0.594. The van der Waals surface area contributed by atoms with Gasteiger partial charge < -0.3 is 9.80 Å². The van der Waals surface area contributed by atoms with Crippen molar-refractivity contribution in [3.8, 4) is 0 Å². The van der Waals surface area contributed by atoms with E-state index in [1.807, 2.05) is 21.1 Å². The van der Waals surface area contributed by atoms with Gasteiger partial charge in [-0.25, -0.2) is 0 Å². The van der Waals surface area contributed by atoms with Crippen molar-refractivity contribution in [1.82, 2.24) is 9.80 Å². The summed E-state index contributed by atoms with van der Waals surface area (Å²) >= 11 is 0. The van der Waals surface area contributed by atoms with Gasteiger partial charge in [-0.05, 0) is 21.0 Å². The molecule has 3 nitrogen and oxygen atoms in total. The Morgan fingerprint density at radius 3 is 2.09 bits per heavy atom. The van der Waals surface area contributed by atoms with E-state index >= 15 is 0 Å². The number of nitrogens with zero attached hydrogens (tertiary/aromatic N) is 2. The van der Waals surface area contributed by atoms with Gasteiger partial charge in [0.05, 0.1) is 0 Å². The van der Waals surface area contributed by atoms with Crippen LogP contribution in [0.25, 0.3) is 0 Å². The predicted octanol–water partition coefficient (Wildman–Crippen LogP) is 0.415. The standard InChI is InChI=1S/C8H18N2O/c1-7(9(3)4)6-10(5)8(2)11/h7H,6H2,1-5H3. The van der Waals surface area contributed by atoms with Crippen LogP contribution < -0.4 is 0 Å². The Bertz CT molecular complexity index is 134. The van der Waals surface area contributed by atoms with E-state index in [1.54, 1.807) is 11.8 Å². The summed E-state index contributed by atoms with van der Waals surface area (Å²) in [7, 11) is 5.85. The van der Waals surface area contributed by atoms with E-state index in [4.69, 9.17) is 0 Å². The van der Waals surface area contributed by atoms with Gasteiger partial charge in [0.1, 0.15) is 0 Å². The third kappa shape index (κ3) is 3.98. The monoisotopic (exact) mass is 158 g/mol. The average molecular weight is 158 g/mol. The topological polar surface area (TPSA) is 23.6 Å². The minimum atomic E-state index is 0.124. The average Bonchev–Trinajstić information content (AvgIpc) is 1.87. The first-order valence-corrected chi connectivity index (χ1v) is 3.83. The van der Waals surface area contributed by atoms with Crippen LogP contribution in [0.3, 0.4) is 0 Å². The SMILES string of the molecule is CC(=O)N(C)CC(C)N(C)C. The second-order valence-electron chi connectivity index (χ2n) is 3.21. The van der Waals surface area contributed by atoms with Gasteiger partial charge >= 0.3 is 0 Å². The van der Waals surface area contributed by atoms with Crippen molar-refractivity contribution in [3.05, 3.63) is 0 Å². The first-order valence-electron chi connectivity index (χ1n) is 3.83. The zero-order valence-electron chi connectivity index (χ0n) is 8.09. The normalized spacial score (nSPS) is 13.3. The third-order valence-corrected chi connectivity index (χ3v) is 1.96. The molecule has 0 fully saturated rings. The van der Waals surface area contributed by atoms with Crippen molar-refractivity contribution in [3.63, 3.8) is 0 Å². The lowest BCUT2D eigenvalue weighted by atomic mass is 10.3. The van der Waals surface area contributed by atoms with E-state index in [0.717, 1.165) is 6.54 Å². The molecule has 1 unspecified atom stereocenters. The number of carbonyl (C=O) groups excluding carboxylic acids is 1. The van der Waals surface area contributed by atoms with Gasteiger partial charge in [-0.1, -0.05) is 0 Å². The van der Waals surface area contributed by atoms with Crippen LogP contribution in [0.15, 0.2) is 0 Å². The van der Waals surface area contributed by atoms with E-state index in [9.17, 15) is 4.79 Å². The van der Waals surface area contributed by atoms with Gasteiger partial charge in [-0.2, -0.15) is 0 Å². The summed E-state index contributed by atoms with van der Waals surface area (Å²) in [6.45, 7) is 4.48. The van der Waals surface area contributed by atoms with Crippen LogP contribution in [0, 0.1) is 0 Å². The minimum absolute atomic E-state index is 0.124. The zero-order valence-corrected chi connectivity index (χ0v) is 8.09. The first-order chi connectivity index (χ1) is 4.95. The third-order valence-electron chi connectivity index (χ3n) is 1.96. The molecule has 0 aromatic carbocycles. The molecule has 0 saturated heterocycles. The van der Waals surface area contributed by atoms with Crippen LogP contribution in [0.4, 0.5) is 0 Å². The summed E-state index contributed by atoms with van der Waals surface area (Å²) in [6.07, 6.45) is 0. The summed E-state index contributed by atoms with van der Waals surface area (Å²) in [5, 5.41) is 0. The molecular formula is C8H18N2O. The highest BCUT2D eigenvalue weighted by Gasteiger charge is 2.09. The molecule has 3 heteroatoms. The van der Waals surface area contributed by atoms with E-state index in [1.165, 1.54) is 0 Å². The summed E-state index contributed by atoms with van der Waals surface area (Å²) in [5.74, 6) is 0.124. The molecule has 0 aliphatic heterocycles. The van der Waals surface area contributed by atoms with Crippen LogP contribution in [0.5, 0.6) is 0 Å². The maximum absolute atomic E-state index is 10.8. The molecule has 0 radical (unpaired) electrons. The number of hydrogen-bond acceptors (Lipinski definition) is 2. The van der Waals surface area contributed by atoms with E-state index in [0.29, 0.717) is 6.04 Å². The molecule has 0 heterocycles. The molecule has 0 saturated carbocycles. The Balaban J connectivity index is 3.75. The Morgan fingerprint density at radius 1 is 1.36 bits per heavy atom. The molecule has 0 aliphatic rings. The Labute approximate surface area is 69.0 Å². The van der Waals surface area contributed by atoms with Gasteiger partial charge in [0.15, 0.2) is 0 Å². The lowest BCUT2D eigenvalue weighted by Crippen LogP contribution is -2.38. The Hall–Kier alpha value is -0.570. The Kier molecular flexibility index (Phi) is 4.11. The fraction of sp³-hybridized carbons (Fsp3) is 0.875. The summed E-state index contributed by atoms with van der Waals surface area (Å²) in [5.41, 5.74) is 0. The van der Waals surface area contributed by atoms with Gasteiger partial charge in [0.2, 0.25) is 5.91 Å². The van der Waals surface area contributed by atoms with E-state index in [-0.39, 0.29) is 5.91 Å². The van der Waals surface area contributed by atoms with Crippen molar-refractivity contribution in [2.24, 2.45) is 0 Å². The lowest BCUT2D eigenvalue weighted by molar-refractivity contribution is -0.128. The molecule has 66 valence electrons. The molecule has 11 heavy (non-hydrogen) atoms. The second-order valence-corrected chi connectivity index (χ2v) is 3.21.